The minimum Gasteiger partial charge on any atom is -0.481 e. The first kappa shape index (κ1) is 71.8. The maximum Gasteiger partial charge on any atom is 0.317 e. The fraction of sp³-hybridized carbons (Fsp3) is 0.667. The van der Waals surface area contributed by atoms with Gasteiger partial charge < -0.3 is 75.6 Å². The van der Waals surface area contributed by atoms with Gasteiger partial charge in [0.25, 0.3) is 0 Å². The second-order valence-corrected chi connectivity index (χ2v) is 22.2. The van der Waals surface area contributed by atoms with Gasteiger partial charge in [0, 0.05) is 133 Å². The summed E-state index contributed by atoms with van der Waals surface area (Å²) in [6.45, 7) is 9.40. The monoisotopic (exact) mass is 1230 g/mol. The van der Waals surface area contributed by atoms with Crippen LogP contribution >= 0.6 is 11.6 Å². The minimum absolute atomic E-state index is 0.00513. The molecule has 2 aromatic rings. The van der Waals surface area contributed by atoms with Gasteiger partial charge in [0.2, 0.25) is 35.4 Å². The molecule has 1 aromatic carbocycles. The molecule has 4 atom stereocenters. The summed E-state index contributed by atoms with van der Waals surface area (Å²) >= 11 is 6.32. The van der Waals surface area contributed by atoms with Crippen molar-refractivity contribution < 1.29 is 82.3 Å². The minimum atomic E-state index is -1.31. The summed E-state index contributed by atoms with van der Waals surface area (Å²) in [7, 11) is 0. The van der Waals surface area contributed by atoms with Crippen LogP contribution < -0.4 is 26.6 Å². The molecule has 0 unspecified atom stereocenters. The van der Waals surface area contributed by atoms with E-state index in [0.717, 1.165) is 11.8 Å². The van der Waals surface area contributed by atoms with Crippen LogP contribution in [-0.2, 0) is 73.4 Å². The molecule has 0 saturated carbocycles. The first-order valence-corrected chi connectivity index (χ1v) is 29.8. The molecule has 0 spiro atoms. The Morgan fingerprint density at radius 1 is 0.663 bits per heavy atom. The number of benzene rings is 1. The number of aromatic amines is 1. The van der Waals surface area contributed by atoms with E-state index in [0.29, 0.717) is 146 Å². The van der Waals surface area contributed by atoms with Gasteiger partial charge in [-0.1, -0.05) is 25.4 Å². The molecule has 480 valence electrons. The fourth-order valence-electron chi connectivity index (χ4n) is 9.90. The van der Waals surface area contributed by atoms with E-state index in [1.807, 2.05) is 23.6 Å². The molecule has 29 heteroatoms. The van der Waals surface area contributed by atoms with Crippen LogP contribution in [0.15, 0.2) is 24.4 Å². The van der Waals surface area contributed by atoms with Gasteiger partial charge in [0.05, 0.1) is 58.6 Å². The van der Waals surface area contributed by atoms with E-state index in [4.69, 9.17) is 25.8 Å². The van der Waals surface area contributed by atoms with Gasteiger partial charge in [-0.25, -0.2) is 0 Å². The van der Waals surface area contributed by atoms with E-state index in [-0.39, 0.29) is 83.2 Å². The van der Waals surface area contributed by atoms with E-state index in [2.05, 4.69) is 31.6 Å². The first-order valence-electron chi connectivity index (χ1n) is 29.4. The Bertz CT molecular complexity index is 2520. The molecular formula is C57H88ClN11O17. The number of nitrogens with zero attached hydrogens (tertiary/aromatic N) is 5. The Labute approximate surface area is 506 Å². The van der Waals surface area contributed by atoms with E-state index in [1.165, 1.54) is 4.90 Å². The third-order valence-electron chi connectivity index (χ3n) is 14.4. The van der Waals surface area contributed by atoms with Crippen molar-refractivity contribution in [1.29, 1.82) is 0 Å². The zero-order valence-corrected chi connectivity index (χ0v) is 50.2. The number of fused-ring (bicyclic) bond motifs is 1. The third-order valence-corrected chi connectivity index (χ3v) is 14.6. The molecule has 0 bridgehead atoms. The largest absolute Gasteiger partial charge is 0.481 e. The standard InChI is InChI=1S/C57H88ClN11O17/c1-40(2)32-43(39-71)62-55(81)46(9-12-52(75)76)64-56(82)48-6-3-15-69(48)57(83)47(33-41-35-61-45-8-7-42(58)34-44(41)45)63-50(73)11-10-49(72)59-13-4-26-84-28-30-86-31-29-85-27-5-14-60-51(74)36-66-18-16-65(24-25-70)17-19-67(37-53(77)78)22-23-68(21-20-66)38-54(79)80/h7-8,25,34-35,39-40,43,46-48,61H,3-6,9-24,26-33,36-38H2,1-2H3,(H,59,72)(H,60,74)(H,62,81)(H,63,73)(H,64,82)(H,75,76)(H,77,78)(H,79,80)/t43-,46+,47+,48+/m1/s1. The Kier molecular flexibility index (Phi) is 33.3. The zero-order valence-electron chi connectivity index (χ0n) is 49.4. The number of ether oxygens (including phenoxy) is 3. The van der Waals surface area contributed by atoms with Crippen molar-refractivity contribution in [2.24, 2.45) is 5.92 Å². The lowest BCUT2D eigenvalue weighted by molar-refractivity contribution is -0.142. The lowest BCUT2D eigenvalue weighted by Gasteiger charge is -2.32. The molecule has 2 aliphatic rings. The van der Waals surface area contributed by atoms with E-state index in [9.17, 15) is 68.1 Å². The number of carboxylic acid groups (broad SMARTS) is 3. The van der Waals surface area contributed by atoms with Crippen molar-refractivity contribution in [3.05, 3.63) is 35.0 Å². The Hall–Kier alpha value is -6.66. The number of rotatable bonds is 39. The highest BCUT2D eigenvalue weighted by Crippen LogP contribution is 2.26. The zero-order chi connectivity index (χ0) is 62.8. The number of carbonyl (C=O) groups is 11. The normalized spacial score (nSPS) is 16.9. The summed E-state index contributed by atoms with van der Waals surface area (Å²) in [6, 6.07) is 0.775. The molecule has 86 heavy (non-hydrogen) atoms. The molecular weight excluding hydrogens is 1150 g/mol. The number of likely N-dealkylation sites (tertiary alicyclic amines) is 1. The molecule has 0 radical (unpaired) electrons. The number of hydrogen-bond acceptors (Lipinski definition) is 18. The number of aromatic nitrogens is 1. The van der Waals surface area contributed by atoms with Crippen molar-refractivity contribution in [2.45, 2.75) is 102 Å². The molecule has 9 N–H and O–H groups in total. The second kappa shape index (κ2) is 39.9. The predicted octanol–water partition coefficient (Wildman–Crippen LogP) is -0.649. The number of hydrogen-bond donors (Lipinski definition) is 9. The lowest BCUT2D eigenvalue weighted by Crippen LogP contribution is -2.57. The second-order valence-electron chi connectivity index (χ2n) is 21.7. The van der Waals surface area contributed by atoms with Crippen LogP contribution in [-0.4, -0.2) is 273 Å². The number of carboxylic acids is 3. The number of carbonyl (C=O) groups excluding carboxylic acids is 8. The fourth-order valence-corrected chi connectivity index (χ4v) is 10.1. The van der Waals surface area contributed by atoms with Crippen molar-refractivity contribution in [3.8, 4) is 0 Å². The quantitative estimate of drug-likeness (QED) is 0.0297. The van der Waals surface area contributed by atoms with E-state index < -0.39 is 78.0 Å². The summed E-state index contributed by atoms with van der Waals surface area (Å²) < 4.78 is 16.8. The van der Waals surface area contributed by atoms with Crippen LogP contribution in [0, 0.1) is 5.92 Å². The summed E-state index contributed by atoms with van der Waals surface area (Å²) in [5.74, 6) is -6.34. The molecule has 1 aromatic heterocycles. The van der Waals surface area contributed by atoms with Crippen LogP contribution in [0.25, 0.3) is 10.9 Å². The molecule has 0 aliphatic carbocycles. The van der Waals surface area contributed by atoms with Gasteiger partial charge in [-0.05, 0) is 68.2 Å². The highest BCUT2D eigenvalue weighted by atomic mass is 35.5. The summed E-state index contributed by atoms with van der Waals surface area (Å²) in [4.78, 5) is 150. The molecule has 2 fully saturated rings. The molecule has 2 saturated heterocycles. The Balaban J connectivity index is 1.13. The van der Waals surface area contributed by atoms with Crippen LogP contribution in [0.4, 0.5) is 0 Å². The van der Waals surface area contributed by atoms with Crippen LogP contribution in [0.2, 0.25) is 5.02 Å². The highest BCUT2D eigenvalue weighted by molar-refractivity contribution is 6.31. The van der Waals surface area contributed by atoms with Gasteiger partial charge in [-0.15, -0.1) is 0 Å². The van der Waals surface area contributed by atoms with Crippen LogP contribution in [0.5, 0.6) is 0 Å². The van der Waals surface area contributed by atoms with Crippen molar-refractivity contribution >= 4 is 88.4 Å². The smallest absolute Gasteiger partial charge is 0.317 e. The predicted molar refractivity (Wildman–Crippen MR) is 314 cm³/mol. The van der Waals surface area contributed by atoms with Gasteiger partial charge >= 0.3 is 17.9 Å². The van der Waals surface area contributed by atoms with Crippen LogP contribution in [0.3, 0.4) is 0 Å². The van der Waals surface area contributed by atoms with Gasteiger partial charge in [0.1, 0.15) is 30.7 Å². The van der Waals surface area contributed by atoms with Gasteiger partial charge in [0.15, 0.2) is 0 Å². The average molecular weight is 1230 g/mol. The third kappa shape index (κ3) is 28.2. The van der Waals surface area contributed by atoms with Gasteiger partial charge in [-0.2, -0.15) is 0 Å². The first-order chi connectivity index (χ1) is 41.2. The number of amides is 6. The lowest BCUT2D eigenvalue weighted by atomic mass is 10.0. The van der Waals surface area contributed by atoms with Gasteiger partial charge in [-0.3, -0.25) is 62.8 Å². The number of aldehydes is 2. The van der Waals surface area contributed by atoms with Crippen molar-refractivity contribution in [2.75, 3.05) is 138 Å². The number of H-pyrrole nitrogens is 1. The SMILES string of the molecule is CC(C)C[C@H](C=O)NC(=O)[C@H](CCC(=O)O)NC(=O)[C@@H]1CCCN1C(=O)[C@H](Cc1c[nH]c2ccc(Cl)cc12)NC(=O)CCC(=O)NCCCOCCOCCOCCCNC(=O)CN1CCN(CC=O)CCN(CC(=O)O)CCN(CC(=O)O)CC1. The summed E-state index contributed by atoms with van der Waals surface area (Å²) in [5.41, 5.74) is 1.39. The molecule has 4 rings (SSSR count). The van der Waals surface area contributed by atoms with Crippen LogP contribution in [0.1, 0.15) is 77.2 Å². The molecule has 3 heterocycles. The maximum absolute atomic E-state index is 14.5. The summed E-state index contributed by atoms with van der Waals surface area (Å²) in [6.07, 6.45) is 3.91. The number of nitrogens with one attached hydrogen (secondary N) is 6. The topological polar surface area (TPSA) is 368 Å². The number of halogens is 1. The molecule has 2 aliphatic heterocycles. The summed E-state index contributed by atoms with van der Waals surface area (Å²) in [5, 5.41) is 43.0. The number of aliphatic carboxylic acids is 3. The average Bonchev–Trinajstić information content (AvgIpc) is 2.77. The van der Waals surface area contributed by atoms with E-state index >= 15 is 0 Å². The van der Waals surface area contributed by atoms with E-state index in [1.54, 1.807) is 34.2 Å². The molecule has 28 nitrogen and oxygen atoms in total. The van der Waals surface area contributed by atoms with Crippen molar-refractivity contribution in [3.63, 3.8) is 0 Å². The Morgan fingerprint density at radius 3 is 1.78 bits per heavy atom. The maximum atomic E-state index is 14.5. The van der Waals surface area contributed by atoms with Crippen molar-refractivity contribution in [1.82, 2.24) is 56.1 Å². The Morgan fingerprint density at radius 2 is 1.22 bits per heavy atom. The molecule has 6 amide bonds. The highest BCUT2D eigenvalue weighted by Gasteiger charge is 2.39.